The molecular formula is C18H24N2O2. The van der Waals surface area contributed by atoms with Gasteiger partial charge in [0.05, 0.1) is 12.3 Å². The van der Waals surface area contributed by atoms with E-state index < -0.39 is 0 Å². The first-order valence-corrected chi connectivity index (χ1v) is 7.67. The molecule has 0 unspecified atom stereocenters. The van der Waals surface area contributed by atoms with E-state index in [4.69, 9.17) is 4.42 Å². The average Bonchev–Trinajstić information content (AvgIpc) is 3.02. The lowest BCUT2D eigenvalue weighted by atomic mass is 10.1. The summed E-state index contributed by atoms with van der Waals surface area (Å²) >= 11 is 0. The quantitative estimate of drug-likeness (QED) is 0.815. The maximum absolute atomic E-state index is 12.0. The normalized spacial score (nSPS) is 12.3. The number of aryl methyl sites for hydroxylation is 1. The smallest absolute Gasteiger partial charge is 0.220 e. The van der Waals surface area contributed by atoms with Crippen LogP contribution in [-0.2, 0) is 11.2 Å². The topological polar surface area (TPSA) is 45.5 Å². The number of carbonyl (C=O) groups excluding carboxylic acids is 1. The van der Waals surface area contributed by atoms with Crippen LogP contribution in [0.2, 0.25) is 0 Å². The molecule has 4 nitrogen and oxygen atoms in total. The van der Waals surface area contributed by atoms with Crippen LogP contribution >= 0.6 is 0 Å². The standard InChI is InChI=1S/C18H24N2O2/c1-20(2)16(17-11-7-13-22-17)14-19-18(21)12-6-10-15-8-4-3-5-9-15/h3-5,7-9,11,13,16H,6,10,12,14H2,1-2H3,(H,19,21)/t16-/m1/s1. The monoisotopic (exact) mass is 300 g/mol. The van der Waals surface area contributed by atoms with Gasteiger partial charge in [-0.05, 0) is 44.6 Å². The van der Waals surface area contributed by atoms with Crippen LogP contribution in [0.3, 0.4) is 0 Å². The first kappa shape index (κ1) is 16.3. The third kappa shape index (κ3) is 5.04. The highest BCUT2D eigenvalue weighted by atomic mass is 16.3. The summed E-state index contributed by atoms with van der Waals surface area (Å²) in [7, 11) is 3.96. The van der Waals surface area contributed by atoms with Gasteiger partial charge >= 0.3 is 0 Å². The molecule has 0 radical (unpaired) electrons. The lowest BCUT2D eigenvalue weighted by molar-refractivity contribution is -0.121. The summed E-state index contributed by atoms with van der Waals surface area (Å²) in [5.74, 6) is 0.962. The van der Waals surface area contributed by atoms with Crippen molar-refractivity contribution in [3.8, 4) is 0 Å². The molecule has 0 aliphatic carbocycles. The minimum atomic E-state index is 0.0630. The van der Waals surface area contributed by atoms with E-state index in [-0.39, 0.29) is 11.9 Å². The lowest BCUT2D eigenvalue weighted by Gasteiger charge is -2.22. The number of hydrogen-bond donors (Lipinski definition) is 1. The number of furan rings is 1. The number of hydrogen-bond acceptors (Lipinski definition) is 3. The van der Waals surface area contributed by atoms with Gasteiger partial charge in [-0.1, -0.05) is 30.3 Å². The Hall–Kier alpha value is -2.07. The van der Waals surface area contributed by atoms with Gasteiger partial charge < -0.3 is 9.73 Å². The first-order chi connectivity index (χ1) is 10.7. The molecule has 0 saturated carbocycles. The molecule has 1 atom stereocenters. The van der Waals surface area contributed by atoms with Crippen molar-refractivity contribution in [3.05, 3.63) is 60.1 Å². The number of nitrogens with zero attached hydrogens (tertiary/aromatic N) is 1. The van der Waals surface area contributed by atoms with Crippen LogP contribution in [0.15, 0.2) is 53.1 Å². The van der Waals surface area contributed by atoms with E-state index in [2.05, 4.69) is 17.4 Å². The largest absolute Gasteiger partial charge is 0.468 e. The van der Waals surface area contributed by atoms with Gasteiger partial charge in [-0.25, -0.2) is 0 Å². The number of amides is 1. The summed E-state index contributed by atoms with van der Waals surface area (Å²) < 4.78 is 5.44. The summed E-state index contributed by atoms with van der Waals surface area (Å²) in [6.07, 6.45) is 4.01. The molecular weight excluding hydrogens is 276 g/mol. The third-order valence-electron chi connectivity index (χ3n) is 3.70. The molecule has 1 aromatic heterocycles. The average molecular weight is 300 g/mol. The summed E-state index contributed by atoms with van der Waals surface area (Å²) in [4.78, 5) is 14.0. The van der Waals surface area contributed by atoms with E-state index in [0.29, 0.717) is 13.0 Å². The highest BCUT2D eigenvalue weighted by Gasteiger charge is 2.17. The van der Waals surface area contributed by atoms with Crippen LogP contribution in [0.5, 0.6) is 0 Å². The van der Waals surface area contributed by atoms with Gasteiger partial charge in [0.25, 0.3) is 0 Å². The van der Waals surface area contributed by atoms with Crippen LogP contribution in [0.1, 0.15) is 30.2 Å². The van der Waals surface area contributed by atoms with Crippen LogP contribution in [0, 0.1) is 0 Å². The van der Waals surface area contributed by atoms with E-state index in [1.807, 2.05) is 49.3 Å². The second-order valence-corrected chi connectivity index (χ2v) is 5.64. The molecule has 0 aliphatic rings. The summed E-state index contributed by atoms with van der Waals surface area (Å²) in [6, 6.07) is 14.1. The predicted molar refractivity (Wildman–Crippen MR) is 87.5 cm³/mol. The Labute approximate surface area is 132 Å². The number of nitrogens with one attached hydrogen (secondary N) is 1. The van der Waals surface area contributed by atoms with Crippen molar-refractivity contribution in [1.29, 1.82) is 0 Å². The molecule has 1 aromatic carbocycles. The van der Waals surface area contributed by atoms with Gasteiger partial charge in [-0.3, -0.25) is 9.69 Å². The molecule has 4 heteroatoms. The van der Waals surface area contributed by atoms with Crippen LogP contribution in [-0.4, -0.2) is 31.4 Å². The SMILES string of the molecule is CN(C)[C@H](CNC(=O)CCCc1ccccc1)c1ccco1. The van der Waals surface area contributed by atoms with Gasteiger partial charge in [0, 0.05) is 13.0 Å². The molecule has 0 bridgehead atoms. The van der Waals surface area contributed by atoms with Crippen molar-refractivity contribution >= 4 is 5.91 Å². The third-order valence-corrected chi connectivity index (χ3v) is 3.70. The fourth-order valence-electron chi connectivity index (χ4n) is 2.42. The Kier molecular flexibility index (Phi) is 6.22. The maximum atomic E-state index is 12.0. The lowest BCUT2D eigenvalue weighted by Crippen LogP contribution is -2.34. The molecule has 0 spiro atoms. The van der Waals surface area contributed by atoms with E-state index in [9.17, 15) is 4.79 Å². The van der Waals surface area contributed by atoms with E-state index in [0.717, 1.165) is 18.6 Å². The van der Waals surface area contributed by atoms with Crippen molar-refractivity contribution in [2.45, 2.75) is 25.3 Å². The zero-order chi connectivity index (χ0) is 15.8. The summed E-state index contributed by atoms with van der Waals surface area (Å²) in [5, 5.41) is 3.00. The van der Waals surface area contributed by atoms with Gasteiger partial charge in [-0.15, -0.1) is 0 Å². The molecule has 0 aliphatic heterocycles. The molecule has 22 heavy (non-hydrogen) atoms. The number of rotatable bonds is 8. The molecule has 0 saturated heterocycles. The highest BCUT2D eigenvalue weighted by Crippen LogP contribution is 2.17. The molecule has 0 fully saturated rings. The fraction of sp³-hybridized carbons (Fsp3) is 0.389. The van der Waals surface area contributed by atoms with Gasteiger partial charge in [-0.2, -0.15) is 0 Å². The summed E-state index contributed by atoms with van der Waals surface area (Å²) in [6.45, 7) is 0.560. The van der Waals surface area contributed by atoms with E-state index in [1.54, 1.807) is 6.26 Å². The zero-order valence-electron chi connectivity index (χ0n) is 13.3. The van der Waals surface area contributed by atoms with Gasteiger partial charge in [0.1, 0.15) is 5.76 Å². The second kappa shape index (κ2) is 8.39. The Bertz CT molecular complexity index is 550. The maximum Gasteiger partial charge on any atom is 0.220 e. The fourth-order valence-corrected chi connectivity index (χ4v) is 2.42. The summed E-state index contributed by atoms with van der Waals surface area (Å²) in [5.41, 5.74) is 1.28. The Morgan fingerprint density at radius 3 is 2.59 bits per heavy atom. The second-order valence-electron chi connectivity index (χ2n) is 5.64. The molecule has 118 valence electrons. The van der Waals surface area contributed by atoms with Gasteiger partial charge in [0.2, 0.25) is 5.91 Å². The number of carbonyl (C=O) groups is 1. The highest BCUT2D eigenvalue weighted by molar-refractivity contribution is 5.75. The predicted octanol–water partition coefficient (Wildman–Crippen LogP) is 3.02. The minimum absolute atomic E-state index is 0.0630. The molecule has 1 heterocycles. The van der Waals surface area contributed by atoms with E-state index in [1.165, 1.54) is 5.56 Å². The van der Waals surface area contributed by atoms with Crippen molar-refractivity contribution in [2.75, 3.05) is 20.6 Å². The molecule has 1 N–H and O–H groups in total. The molecule has 2 rings (SSSR count). The molecule has 1 amide bonds. The van der Waals surface area contributed by atoms with Crippen LogP contribution in [0.25, 0.3) is 0 Å². The van der Waals surface area contributed by atoms with Crippen LogP contribution < -0.4 is 5.32 Å². The zero-order valence-corrected chi connectivity index (χ0v) is 13.3. The van der Waals surface area contributed by atoms with Crippen molar-refractivity contribution < 1.29 is 9.21 Å². The Morgan fingerprint density at radius 1 is 1.18 bits per heavy atom. The van der Waals surface area contributed by atoms with Crippen molar-refractivity contribution in [2.24, 2.45) is 0 Å². The molecule has 2 aromatic rings. The first-order valence-electron chi connectivity index (χ1n) is 7.67. The Balaban J connectivity index is 1.72. The number of likely N-dealkylation sites (N-methyl/N-ethyl adjacent to an activating group) is 1. The van der Waals surface area contributed by atoms with E-state index >= 15 is 0 Å². The number of benzene rings is 1. The van der Waals surface area contributed by atoms with Crippen LogP contribution in [0.4, 0.5) is 0 Å². The Morgan fingerprint density at radius 2 is 1.95 bits per heavy atom. The van der Waals surface area contributed by atoms with Gasteiger partial charge in [0.15, 0.2) is 0 Å². The van der Waals surface area contributed by atoms with Crippen molar-refractivity contribution in [3.63, 3.8) is 0 Å². The minimum Gasteiger partial charge on any atom is -0.468 e. The van der Waals surface area contributed by atoms with Crippen molar-refractivity contribution in [1.82, 2.24) is 10.2 Å².